The monoisotopic (exact) mass is 378 g/mol. The Morgan fingerprint density at radius 3 is 2.25 bits per heavy atom. The summed E-state index contributed by atoms with van der Waals surface area (Å²) in [4.78, 5) is 23.2. The lowest BCUT2D eigenvalue weighted by atomic mass is 10.1. The van der Waals surface area contributed by atoms with Gasteiger partial charge in [-0.15, -0.1) is 0 Å². The number of amides is 1. The number of nitrogens with zero attached hydrogens (tertiary/aromatic N) is 1. The van der Waals surface area contributed by atoms with Crippen LogP contribution in [-0.2, 0) is 9.59 Å². The summed E-state index contributed by atoms with van der Waals surface area (Å²) < 4.78 is 15.6. The second kappa shape index (κ2) is 9.59. The Balaban J connectivity index is 2.14. The number of ether oxygens (including phenoxy) is 3. The third kappa shape index (κ3) is 5.47. The number of primary amides is 1. The normalized spacial score (nSPS) is 11.0. The Morgan fingerprint density at radius 1 is 1.00 bits per heavy atom. The number of nitrogens with two attached hydrogens (primary N) is 1. The largest absolute Gasteiger partial charge is 0.497 e. The summed E-state index contributed by atoms with van der Waals surface area (Å²) in [6, 6.07) is 13.5. The fourth-order valence-electron chi connectivity index (χ4n) is 2.21. The standard InChI is InChI=1S/C21H18N2O5/c1-26-17-7-3-14(4-8-17)6-10-20(24)28-18-9-5-15(12-19(18)27-2)11-16(13-22)21(23)25/h3-12H,1-2H3,(H2,23,25)/b10-6+,16-11+. The summed E-state index contributed by atoms with van der Waals surface area (Å²) in [5.41, 5.74) is 6.22. The second-order valence-corrected chi connectivity index (χ2v) is 5.47. The number of benzene rings is 2. The van der Waals surface area contributed by atoms with Crippen molar-refractivity contribution in [2.45, 2.75) is 0 Å². The number of esters is 1. The van der Waals surface area contributed by atoms with Crippen molar-refractivity contribution in [1.29, 1.82) is 5.26 Å². The SMILES string of the molecule is COc1ccc(/C=C/C(=O)Oc2ccc(/C=C(\C#N)C(N)=O)cc2OC)cc1. The van der Waals surface area contributed by atoms with Crippen LogP contribution in [0.3, 0.4) is 0 Å². The van der Waals surface area contributed by atoms with E-state index in [2.05, 4.69) is 0 Å². The van der Waals surface area contributed by atoms with Gasteiger partial charge in [0.25, 0.3) is 5.91 Å². The number of carbonyl (C=O) groups excluding carboxylic acids is 2. The zero-order valence-electron chi connectivity index (χ0n) is 15.3. The van der Waals surface area contributed by atoms with Crippen LogP contribution in [-0.4, -0.2) is 26.1 Å². The van der Waals surface area contributed by atoms with E-state index in [4.69, 9.17) is 25.2 Å². The van der Waals surface area contributed by atoms with Crippen LogP contribution in [0.5, 0.6) is 17.2 Å². The van der Waals surface area contributed by atoms with E-state index in [0.717, 1.165) is 11.3 Å². The van der Waals surface area contributed by atoms with Gasteiger partial charge in [-0.25, -0.2) is 4.79 Å². The number of nitriles is 1. The minimum Gasteiger partial charge on any atom is -0.497 e. The van der Waals surface area contributed by atoms with Crippen molar-refractivity contribution in [3.05, 3.63) is 65.2 Å². The smallest absolute Gasteiger partial charge is 0.336 e. The van der Waals surface area contributed by atoms with Crippen molar-refractivity contribution in [3.8, 4) is 23.3 Å². The number of rotatable bonds is 7. The predicted molar refractivity (Wildman–Crippen MR) is 103 cm³/mol. The van der Waals surface area contributed by atoms with Crippen LogP contribution in [0, 0.1) is 11.3 Å². The van der Waals surface area contributed by atoms with Crippen LogP contribution < -0.4 is 19.9 Å². The van der Waals surface area contributed by atoms with Crippen molar-refractivity contribution < 1.29 is 23.8 Å². The topological polar surface area (TPSA) is 112 Å². The summed E-state index contributed by atoms with van der Waals surface area (Å²) in [5, 5.41) is 8.91. The van der Waals surface area contributed by atoms with E-state index in [0.29, 0.717) is 5.56 Å². The third-order valence-corrected chi connectivity index (χ3v) is 3.62. The highest BCUT2D eigenvalue weighted by atomic mass is 16.6. The molecule has 7 heteroatoms. The average Bonchev–Trinajstić information content (AvgIpc) is 2.71. The number of carbonyl (C=O) groups is 2. The molecule has 142 valence electrons. The van der Waals surface area contributed by atoms with E-state index in [1.54, 1.807) is 49.6 Å². The van der Waals surface area contributed by atoms with Crippen molar-refractivity contribution in [1.82, 2.24) is 0 Å². The van der Waals surface area contributed by atoms with Crippen LogP contribution in [0.1, 0.15) is 11.1 Å². The van der Waals surface area contributed by atoms with Crippen molar-refractivity contribution in [2.24, 2.45) is 5.73 Å². The quantitative estimate of drug-likeness (QED) is 0.343. The highest BCUT2D eigenvalue weighted by molar-refractivity contribution is 6.00. The minimum absolute atomic E-state index is 0.196. The second-order valence-electron chi connectivity index (χ2n) is 5.47. The van der Waals surface area contributed by atoms with Crippen molar-refractivity contribution >= 4 is 24.0 Å². The van der Waals surface area contributed by atoms with E-state index < -0.39 is 11.9 Å². The number of hydrogen-bond donors (Lipinski definition) is 1. The van der Waals surface area contributed by atoms with Gasteiger partial charge >= 0.3 is 5.97 Å². The molecular formula is C21H18N2O5. The molecule has 0 bridgehead atoms. The first-order chi connectivity index (χ1) is 13.5. The molecule has 2 rings (SSSR count). The van der Waals surface area contributed by atoms with Gasteiger partial charge in [0, 0.05) is 6.08 Å². The molecule has 0 aromatic heterocycles. The molecule has 0 saturated carbocycles. The molecule has 0 atom stereocenters. The predicted octanol–water partition coefficient (Wildman–Crippen LogP) is 2.71. The first-order valence-electron chi connectivity index (χ1n) is 8.10. The van der Waals surface area contributed by atoms with Gasteiger partial charge in [0.2, 0.25) is 0 Å². The fraction of sp³-hybridized carbons (Fsp3) is 0.0952. The van der Waals surface area contributed by atoms with Gasteiger partial charge in [0.1, 0.15) is 17.4 Å². The third-order valence-electron chi connectivity index (χ3n) is 3.62. The molecular weight excluding hydrogens is 360 g/mol. The maximum atomic E-state index is 12.1. The van der Waals surface area contributed by atoms with Crippen LogP contribution in [0.2, 0.25) is 0 Å². The molecule has 0 aliphatic heterocycles. The Labute approximate surface area is 162 Å². The van der Waals surface area contributed by atoms with Gasteiger partial charge in [0.05, 0.1) is 14.2 Å². The van der Waals surface area contributed by atoms with Crippen LogP contribution in [0.4, 0.5) is 0 Å². The summed E-state index contributed by atoms with van der Waals surface area (Å²) in [7, 11) is 2.98. The van der Waals surface area contributed by atoms with Gasteiger partial charge < -0.3 is 19.9 Å². The van der Waals surface area contributed by atoms with Gasteiger partial charge in [0.15, 0.2) is 11.5 Å². The summed E-state index contributed by atoms with van der Waals surface area (Å²) in [6.07, 6.45) is 4.22. The highest BCUT2D eigenvalue weighted by Crippen LogP contribution is 2.29. The fourth-order valence-corrected chi connectivity index (χ4v) is 2.21. The van der Waals surface area contributed by atoms with Gasteiger partial charge in [-0.2, -0.15) is 5.26 Å². The molecule has 2 N–H and O–H groups in total. The number of hydrogen-bond acceptors (Lipinski definition) is 6. The molecule has 0 aliphatic carbocycles. The lowest BCUT2D eigenvalue weighted by molar-refractivity contribution is -0.129. The molecule has 0 unspecified atom stereocenters. The Hall–Kier alpha value is -4.05. The van der Waals surface area contributed by atoms with E-state index in [-0.39, 0.29) is 17.1 Å². The maximum Gasteiger partial charge on any atom is 0.336 e. The van der Waals surface area contributed by atoms with Crippen LogP contribution in [0.25, 0.3) is 12.2 Å². The Bertz CT molecular complexity index is 969. The summed E-state index contributed by atoms with van der Waals surface area (Å²) >= 11 is 0. The molecule has 28 heavy (non-hydrogen) atoms. The molecule has 2 aromatic rings. The van der Waals surface area contributed by atoms with E-state index in [1.807, 2.05) is 0 Å². The Morgan fingerprint density at radius 2 is 1.68 bits per heavy atom. The van der Waals surface area contributed by atoms with Gasteiger partial charge in [-0.05, 0) is 47.5 Å². The molecule has 1 amide bonds. The first-order valence-corrected chi connectivity index (χ1v) is 8.10. The molecule has 7 nitrogen and oxygen atoms in total. The summed E-state index contributed by atoms with van der Waals surface area (Å²) in [6.45, 7) is 0. The number of methoxy groups -OCH3 is 2. The van der Waals surface area contributed by atoms with E-state index >= 15 is 0 Å². The minimum atomic E-state index is -0.833. The average molecular weight is 378 g/mol. The molecule has 0 spiro atoms. The molecule has 0 saturated heterocycles. The van der Waals surface area contributed by atoms with Crippen molar-refractivity contribution in [2.75, 3.05) is 14.2 Å². The zero-order chi connectivity index (χ0) is 20.5. The van der Waals surface area contributed by atoms with Gasteiger partial charge in [-0.3, -0.25) is 4.79 Å². The molecule has 0 heterocycles. The lowest BCUT2D eigenvalue weighted by Crippen LogP contribution is -2.12. The van der Waals surface area contributed by atoms with Crippen molar-refractivity contribution in [3.63, 3.8) is 0 Å². The molecule has 0 aliphatic rings. The van der Waals surface area contributed by atoms with Gasteiger partial charge in [-0.1, -0.05) is 18.2 Å². The van der Waals surface area contributed by atoms with E-state index in [1.165, 1.54) is 31.4 Å². The zero-order valence-corrected chi connectivity index (χ0v) is 15.3. The maximum absolute atomic E-state index is 12.1. The Kier molecular flexibility index (Phi) is 6.94. The highest BCUT2D eigenvalue weighted by Gasteiger charge is 2.10. The summed E-state index contributed by atoms with van der Waals surface area (Å²) in [5.74, 6) is -0.245. The van der Waals surface area contributed by atoms with Crippen LogP contribution >= 0.6 is 0 Å². The lowest BCUT2D eigenvalue weighted by Gasteiger charge is -2.09. The molecule has 0 fully saturated rings. The first kappa shape index (κ1) is 20.3. The molecule has 0 radical (unpaired) electrons. The molecule has 2 aromatic carbocycles. The van der Waals surface area contributed by atoms with Crippen LogP contribution in [0.15, 0.2) is 54.1 Å². The van der Waals surface area contributed by atoms with E-state index in [9.17, 15) is 9.59 Å².